The lowest BCUT2D eigenvalue weighted by atomic mass is 10.2. The van der Waals surface area contributed by atoms with Gasteiger partial charge in [-0.15, -0.1) is 0 Å². The van der Waals surface area contributed by atoms with Gasteiger partial charge in [0.1, 0.15) is 5.82 Å². The third-order valence-corrected chi connectivity index (χ3v) is 2.64. The van der Waals surface area contributed by atoms with Crippen molar-refractivity contribution in [2.24, 2.45) is 0 Å². The second-order valence-electron chi connectivity index (χ2n) is 4.06. The van der Waals surface area contributed by atoms with E-state index in [1.165, 1.54) is 0 Å². The van der Waals surface area contributed by atoms with Crippen LogP contribution in [-0.2, 0) is 0 Å². The fourth-order valence-corrected chi connectivity index (χ4v) is 1.60. The SMILES string of the molecule is O=C(Oc1cc(F)ccc1[N+](=O)[O-])c1ccc([N+](=O)[O-])cc1. The van der Waals surface area contributed by atoms with Crippen LogP contribution in [0, 0.1) is 26.0 Å². The van der Waals surface area contributed by atoms with Crippen molar-refractivity contribution in [1.29, 1.82) is 0 Å². The van der Waals surface area contributed by atoms with Gasteiger partial charge in [0.05, 0.1) is 15.4 Å². The van der Waals surface area contributed by atoms with Gasteiger partial charge in [-0.1, -0.05) is 0 Å². The van der Waals surface area contributed by atoms with E-state index < -0.39 is 33.1 Å². The van der Waals surface area contributed by atoms with Gasteiger partial charge in [0.25, 0.3) is 5.69 Å². The normalized spacial score (nSPS) is 10.0. The van der Waals surface area contributed by atoms with Gasteiger partial charge in [0.15, 0.2) is 0 Å². The number of rotatable bonds is 4. The summed E-state index contributed by atoms with van der Waals surface area (Å²) in [6, 6.07) is 6.86. The quantitative estimate of drug-likeness (QED) is 0.371. The summed E-state index contributed by atoms with van der Waals surface area (Å²) >= 11 is 0. The second-order valence-corrected chi connectivity index (χ2v) is 4.06. The van der Waals surface area contributed by atoms with E-state index in [9.17, 15) is 29.4 Å². The van der Waals surface area contributed by atoms with E-state index in [4.69, 9.17) is 4.74 Å². The molecule has 112 valence electrons. The highest BCUT2D eigenvalue weighted by Crippen LogP contribution is 2.28. The Morgan fingerprint density at radius 3 is 2.18 bits per heavy atom. The number of nitro groups is 2. The zero-order chi connectivity index (χ0) is 16.3. The van der Waals surface area contributed by atoms with Crippen LogP contribution in [0.3, 0.4) is 0 Å². The molecule has 0 aliphatic rings. The van der Waals surface area contributed by atoms with Crippen molar-refractivity contribution in [3.63, 3.8) is 0 Å². The molecular weight excluding hydrogens is 299 g/mol. The molecule has 22 heavy (non-hydrogen) atoms. The number of halogens is 1. The summed E-state index contributed by atoms with van der Waals surface area (Å²) in [4.78, 5) is 31.7. The summed E-state index contributed by atoms with van der Waals surface area (Å²) in [5.74, 6) is -2.35. The van der Waals surface area contributed by atoms with Crippen LogP contribution in [0.4, 0.5) is 15.8 Å². The van der Waals surface area contributed by atoms with Gasteiger partial charge in [0, 0.05) is 24.3 Å². The number of esters is 1. The standard InChI is InChI=1S/C13H7FN2O6/c14-9-3-6-11(16(20)21)12(7-9)22-13(17)8-1-4-10(5-2-8)15(18)19/h1-7H. The smallest absolute Gasteiger partial charge is 0.343 e. The van der Waals surface area contributed by atoms with Gasteiger partial charge in [0.2, 0.25) is 5.75 Å². The van der Waals surface area contributed by atoms with Crippen LogP contribution < -0.4 is 4.74 Å². The summed E-state index contributed by atoms with van der Waals surface area (Å²) in [5.41, 5.74) is -0.867. The lowest BCUT2D eigenvalue weighted by Gasteiger charge is -2.05. The lowest BCUT2D eigenvalue weighted by molar-refractivity contribution is -0.385. The summed E-state index contributed by atoms with van der Waals surface area (Å²) in [6.07, 6.45) is 0. The van der Waals surface area contributed by atoms with Crippen LogP contribution >= 0.6 is 0 Å². The molecule has 2 rings (SSSR count). The fraction of sp³-hybridized carbons (Fsp3) is 0. The summed E-state index contributed by atoms with van der Waals surface area (Å²) in [6.45, 7) is 0. The minimum Gasteiger partial charge on any atom is -0.415 e. The monoisotopic (exact) mass is 306 g/mol. The summed E-state index contributed by atoms with van der Waals surface area (Å²) in [7, 11) is 0. The zero-order valence-corrected chi connectivity index (χ0v) is 10.8. The van der Waals surface area contributed by atoms with E-state index in [0.717, 1.165) is 36.4 Å². The van der Waals surface area contributed by atoms with Gasteiger partial charge in [-0.25, -0.2) is 9.18 Å². The third-order valence-electron chi connectivity index (χ3n) is 2.64. The Labute approximate surface area is 122 Å². The van der Waals surface area contributed by atoms with Crippen LogP contribution in [0.1, 0.15) is 10.4 Å². The average molecular weight is 306 g/mol. The molecule has 0 saturated carbocycles. The minimum atomic E-state index is -0.997. The molecule has 0 fully saturated rings. The maximum Gasteiger partial charge on any atom is 0.343 e. The molecule has 0 heterocycles. The predicted molar refractivity (Wildman–Crippen MR) is 71.1 cm³/mol. The number of carbonyl (C=O) groups excluding carboxylic acids is 1. The van der Waals surface area contributed by atoms with Gasteiger partial charge < -0.3 is 4.74 Å². The zero-order valence-electron chi connectivity index (χ0n) is 10.8. The molecule has 0 unspecified atom stereocenters. The van der Waals surface area contributed by atoms with Crippen LogP contribution in [0.5, 0.6) is 5.75 Å². The van der Waals surface area contributed by atoms with Crippen LogP contribution in [0.2, 0.25) is 0 Å². The molecule has 9 heteroatoms. The first-order valence-electron chi connectivity index (χ1n) is 5.79. The van der Waals surface area contributed by atoms with Crippen LogP contribution in [-0.4, -0.2) is 15.8 Å². The Kier molecular flexibility index (Phi) is 4.07. The molecule has 0 amide bonds. The van der Waals surface area contributed by atoms with E-state index >= 15 is 0 Å². The lowest BCUT2D eigenvalue weighted by Crippen LogP contribution is -2.10. The van der Waals surface area contributed by atoms with Crippen molar-refractivity contribution in [2.75, 3.05) is 0 Å². The number of ether oxygens (including phenoxy) is 1. The Morgan fingerprint density at radius 2 is 1.64 bits per heavy atom. The highest BCUT2D eigenvalue weighted by Gasteiger charge is 2.20. The third kappa shape index (κ3) is 3.20. The second kappa shape index (κ2) is 5.95. The molecule has 0 N–H and O–H groups in total. The molecule has 0 aliphatic carbocycles. The maximum atomic E-state index is 13.1. The topological polar surface area (TPSA) is 113 Å². The predicted octanol–water partition coefficient (Wildman–Crippen LogP) is 2.86. The Hall–Kier alpha value is -3.36. The summed E-state index contributed by atoms with van der Waals surface area (Å²) in [5, 5.41) is 21.3. The van der Waals surface area contributed by atoms with E-state index in [2.05, 4.69) is 0 Å². The van der Waals surface area contributed by atoms with Gasteiger partial charge in [-0.05, 0) is 18.2 Å². The number of nitro benzene ring substituents is 2. The van der Waals surface area contributed by atoms with E-state index in [1.54, 1.807) is 0 Å². The van der Waals surface area contributed by atoms with Crippen molar-refractivity contribution >= 4 is 17.3 Å². The van der Waals surface area contributed by atoms with Crippen molar-refractivity contribution < 1.29 is 23.8 Å². The first-order valence-corrected chi connectivity index (χ1v) is 5.79. The molecule has 8 nitrogen and oxygen atoms in total. The number of benzene rings is 2. The van der Waals surface area contributed by atoms with E-state index in [0.29, 0.717) is 6.07 Å². The van der Waals surface area contributed by atoms with Gasteiger partial charge >= 0.3 is 11.7 Å². The van der Waals surface area contributed by atoms with E-state index in [-0.39, 0.29) is 11.3 Å². The number of carbonyl (C=O) groups is 1. The van der Waals surface area contributed by atoms with Crippen molar-refractivity contribution in [3.8, 4) is 5.75 Å². The number of hydrogen-bond donors (Lipinski definition) is 0. The van der Waals surface area contributed by atoms with Crippen molar-refractivity contribution in [1.82, 2.24) is 0 Å². The highest BCUT2D eigenvalue weighted by atomic mass is 19.1. The molecular formula is C13H7FN2O6. The molecule has 0 radical (unpaired) electrons. The average Bonchev–Trinajstić information content (AvgIpc) is 2.47. The molecule has 2 aromatic rings. The number of hydrogen-bond acceptors (Lipinski definition) is 6. The van der Waals surface area contributed by atoms with Gasteiger partial charge in [-0.2, -0.15) is 0 Å². The molecule has 0 aliphatic heterocycles. The highest BCUT2D eigenvalue weighted by molar-refractivity contribution is 5.91. The molecule has 0 saturated heterocycles. The fourth-order valence-electron chi connectivity index (χ4n) is 1.60. The van der Waals surface area contributed by atoms with Crippen LogP contribution in [0.25, 0.3) is 0 Å². The molecule has 0 atom stereocenters. The molecule has 0 spiro atoms. The Morgan fingerprint density at radius 1 is 1.00 bits per heavy atom. The largest absolute Gasteiger partial charge is 0.415 e. The van der Waals surface area contributed by atoms with Crippen LogP contribution in [0.15, 0.2) is 42.5 Å². The first kappa shape index (κ1) is 15.0. The molecule has 0 aromatic heterocycles. The summed E-state index contributed by atoms with van der Waals surface area (Å²) < 4.78 is 17.9. The van der Waals surface area contributed by atoms with Crippen molar-refractivity contribution in [3.05, 3.63) is 74.1 Å². The number of non-ortho nitro benzene ring substituents is 1. The minimum absolute atomic E-state index is 0.0656. The first-order chi connectivity index (χ1) is 10.4. The molecule has 0 bridgehead atoms. The van der Waals surface area contributed by atoms with Crippen molar-refractivity contribution in [2.45, 2.75) is 0 Å². The van der Waals surface area contributed by atoms with E-state index in [1.807, 2.05) is 0 Å². The Balaban J connectivity index is 2.27. The number of nitrogens with zero attached hydrogens (tertiary/aromatic N) is 2. The maximum absolute atomic E-state index is 13.1. The molecule has 2 aromatic carbocycles. The van der Waals surface area contributed by atoms with Gasteiger partial charge in [-0.3, -0.25) is 20.2 Å². The Bertz CT molecular complexity index is 760.